The number of nitrogens with two attached hydrogens (primary N) is 1. The van der Waals surface area contributed by atoms with E-state index in [1.54, 1.807) is 0 Å². The van der Waals surface area contributed by atoms with Crippen LogP contribution in [-0.2, 0) is 11.3 Å². The molecule has 1 aromatic carbocycles. The molecule has 0 aliphatic carbocycles. The first kappa shape index (κ1) is 11.8. The second-order valence-electron chi connectivity index (χ2n) is 3.07. The minimum Gasteiger partial charge on any atom is -0.326 e. The van der Waals surface area contributed by atoms with Crippen LogP contribution in [-0.4, -0.2) is 6.29 Å². The summed E-state index contributed by atoms with van der Waals surface area (Å²) in [5, 5.41) is 0. The number of aldehydes is 1. The second kappa shape index (κ2) is 7.50. The van der Waals surface area contributed by atoms with E-state index in [4.69, 9.17) is 5.73 Å². The standard InChI is InChI=1S/C7H9N.C4H8O/c8-6-7-4-2-1-3-5-7;1-4(2)3-5/h1-5H,6,8H2;3-4H,1-2H3. The zero-order valence-corrected chi connectivity index (χ0v) is 8.23. The van der Waals surface area contributed by atoms with Crippen molar-refractivity contribution in [1.29, 1.82) is 0 Å². The molecule has 0 spiro atoms. The van der Waals surface area contributed by atoms with E-state index in [-0.39, 0.29) is 5.92 Å². The van der Waals surface area contributed by atoms with Crippen LogP contribution in [0.15, 0.2) is 30.3 Å². The fourth-order valence-corrected chi connectivity index (χ4v) is 0.614. The van der Waals surface area contributed by atoms with Gasteiger partial charge in [0.2, 0.25) is 0 Å². The molecule has 0 radical (unpaired) electrons. The summed E-state index contributed by atoms with van der Waals surface area (Å²) in [6.45, 7) is 4.35. The van der Waals surface area contributed by atoms with E-state index >= 15 is 0 Å². The van der Waals surface area contributed by atoms with E-state index < -0.39 is 0 Å². The van der Waals surface area contributed by atoms with E-state index in [1.165, 1.54) is 5.56 Å². The van der Waals surface area contributed by atoms with Crippen molar-refractivity contribution in [3.63, 3.8) is 0 Å². The van der Waals surface area contributed by atoms with E-state index in [2.05, 4.69) is 0 Å². The van der Waals surface area contributed by atoms with Crippen molar-refractivity contribution in [2.45, 2.75) is 20.4 Å². The highest BCUT2D eigenvalue weighted by Gasteiger charge is 1.80. The normalized spacial score (nSPS) is 8.92. The minimum atomic E-state index is 0.204. The van der Waals surface area contributed by atoms with Gasteiger partial charge in [-0.15, -0.1) is 0 Å². The molecule has 2 heteroatoms. The number of carbonyl (C=O) groups is 1. The Morgan fingerprint density at radius 3 is 2.00 bits per heavy atom. The number of benzene rings is 1. The zero-order valence-electron chi connectivity index (χ0n) is 8.23. The molecule has 0 bridgehead atoms. The smallest absolute Gasteiger partial charge is 0.122 e. The Balaban J connectivity index is 0.000000252. The van der Waals surface area contributed by atoms with Crippen LogP contribution in [0.1, 0.15) is 19.4 Å². The van der Waals surface area contributed by atoms with Crippen molar-refractivity contribution >= 4 is 6.29 Å². The molecule has 1 aromatic rings. The highest BCUT2D eigenvalue weighted by atomic mass is 16.1. The summed E-state index contributed by atoms with van der Waals surface area (Å²) in [4.78, 5) is 9.50. The van der Waals surface area contributed by atoms with Crippen molar-refractivity contribution in [3.8, 4) is 0 Å². The van der Waals surface area contributed by atoms with Crippen molar-refractivity contribution in [2.24, 2.45) is 11.7 Å². The lowest BCUT2D eigenvalue weighted by Crippen LogP contribution is -1.94. The number of rotatable bonds is 2. The molecule has 2 nitrogen and oxygen atoms in total. The molecular formula is C11H17NO. The third-order valence-electron chi connectivity index (χ3n) is 1.35. The molecule has 72 valence electrons. The van der Waals surface area contributed by atoms with Crippen LogP contribution in [0, 0.1) is 5.92 Å². The monoisotopic (exact) mass is 179 g/mol. The SMILES string of the molecule is CC(C)C=O.NCc1ccccc1. The molecule has 0 unspecified atom stereocenters. The topological polar surface area (TPSA) is 43.1 Å². The Hall–Kier alpha value is -1.15. The number of hydrogen-bond acceptors (Lipinski definition) is 2. The summed E-state index contributed by atoms with van der Waals surface area (Å²) in [6.07, 6.45) is 0.917. The lowest BCUT2D eigenvalue weighted by atomic mass is 10.2. The predicted molar refractivity (Wildman–Crippen MR) is 55.2 cm³/mol. The van der Waals surface area contributed by atoms with Crippen molar-refractivity contribution in [2.75, 3.05) is 0 Å². The molecule has 0 aromatic heterocycles. The average molecular weight is 179 g/mol. The lowest BCUT2D eigenvalue weighted by Gasteiger charge is -1.90. The first-order valence-corrected chi connectivity index (χ1v) is 4.40. The molecule has 13 heavy (non-hydrogen) atoms. The van der Waals surface area contributed by atoms with Crippen LogP contribution in [0.3, 0.4) is 0 Å². The maximum Gasteiger partial charge on any atom is 0.122 e. The molecule has 0 fully saturated rings. The summed E-state index contributed by atoms with van der Waals surface area (Å²) >= 11 is 0. The van der Waals surface area contributed by atoms with Gasteiger partial charge < -0.3 is 10.5 Å². The minimum absolute atomic E-state index is 0.204. The molecule has 2 N–H and O–H groups in total. The highest BCUT2D eigenvalue weighted by molar-refractivity contribution is 5.51. The van der Waals surface area contributed by atoms with Crippen LogP contribution in [0.5, 0.6) is 0 Å². The van der Waals surface area contributed by atoms with Crippen LogP contribution in [0.4, 0.5) is 0 Å². The predicted octanol–water partition coefficient (Wildman–Crippen LogP) is 1.99. The van der Waals surface area contributed by atoms with Gasteiger partial charge in [0.05, 0.1) is 0 Å². The van der Waals surface area contributed by atoms with E-state index in [9.17, 15) is 4.79 Å². The van der Waals surface area contributed by atoms with Gasteiger partial charge >= 0.3 is 0 Å². The lowest BCUT2D eigenvalue weighted by molar-refractivity contribution is -0.110. The fraction of sp³-hybridized carbons (Fsp3) is 0.364. The number of carbonyl (C=O) groups excluding carboxylic acids is 1. The Morgan fingerprint density at radius 1 is 1.31 bits per heavy atom. The quantitative estimate of drug-likeness (QED) is 0.705. The van der Waals surface area contributed by atoms with E-state index in [0.717, 1.165) is 6.29 Å². The molecule has 0 saturated heterocycles. The third-order valence-corrected chi connectivity index (χ3v) is 1.35. The largest absolute Gasteiger partial charge is 0.326 e. The Morgan fingerprint density at radius 2 is 1.77 bits per heavy atom. The third kappa shape index (κ3) is 7.22. The van der Waals surface area contributed by atoms with Gasteiger partial charge in [-0.1, -0.05) is 44.2 Å². The van der Waals surface area contributed by atoms with Gasteiger partial charge in [0, 0.05) is 12.5 Å². The molecule has 1 rings (SSSR count). The van der Waals surface area contributed by atoms with Gasteiger partial charge in [0.15, 0.2) is 0 Å². The molecule has 0 heterocycles. The summed E-state index contributed by atoms with van der Waals surface area (Å²) < 4.78 is 0. The summed E-state index contributed by atoms with van der Waals surface area (Å²) in [5.74, 6) is 0.204. The second-order valence-corrected chi connectivity index (χ2v) is 3.07. The van der Waals surface area contributed by atoms with Gasteiger partial charge in [0.1, 0.15) is 6.29 Å². The summed E-state index contributed by atoms with van der Waals surface area (Å²) in [5.41, 5.74) is 6.54. The molecule has 0 amide bonds. The van der Waals surface area contributed by atoms with E-state index in [0.29, 0.717) is 6.54 Å². The maximum atomic E-state index is 9.50. The first-order valence-electron chi connectivity index (χ1n) is 4.40. The Kier molecular flexibility index (Phi) is 6.83. The number of hydrogen-bond donors (Lipinski definition) is 1. The summed E-state index contributed by atoms with van der Waals surface area (Å²) in [6, 6.07) is 9.99. The van der Waals surface area contributed by atoms with Crippen LogP contribution < -0.4 is 5.73 Å². The zero-order chi connectivity index (χ0) is 10.1. The van der Waals surface area contributed by atoms with Crippen LogP contribution in [0.25, 0.3) is 0 Å². The van der Waals surface area contributed by atoms with Crippen molar-refractivity contribution in [1.82, 2.24) is 0 Å². The van der Waals surface area contributed by atoms with E-state index in [1.807, 2.05) is 44.2 Å². The average Bonchev–Trinajstić information content (AvgIpc) is 2.20. The van der Waals surface area contributed by atoms with Crippen molar-refractivity contribution in [3.05, 3.63) is 35.9 Å². The van der Waals surface area contributed by atoms with Gasteiger partial charge in [-0.2, -0.15) is 0 Å². The molecule has 0 aliphatic rings. The van der Waals surface area contributed by atoms with Gasteiger partial charge in [-0.05, 0) is 5.56 Å². The van der Waals surface area contributed by atoms with Gasteiger partial charge in [0.25, 0.3) is 0 Å². The fourth-order valence-electron chi connectivity index (χ4n) is 0.614. The Labute approximate surface area is 79.8 Å². The molecule has 0 aliphatic heterocycles. The van der Waals surface area contributed by atoms with Gasteiger partial charge in [-0.25, -0.2) is 0 Å². The summed E-state index contributed by atoms with van der Waals surface area (Å²) in [7, 11) is 0. The van der Waals surface area contributed by atoms with Gasteiger partial charge in [-0.3, -0.25) is 0 Å². The highest BCUT2D eigenvalue weighted by Crippen LogP contribution is 1.94. The van der Waals surface area contributed by atoms with Crippen molar-refractivity contribution < 1.29 is 4.79 Å². The molecular weight excluding hydrogens is 162 g/mol. The first-order chi connectivity index (χ1) is 6.20. The Bertz CT molecular complexity index is 219. The molecule has 0 saturated carbocycles. The maximum absolute atomic E-state index is 9.50. The molecule has 0 atom stereocenters. The van der Waals surface area contributed by atoms with Crippen LogP contribution >= 0.6 is 0 Å². The van der Waals surface area contributed by atoms with Crippen LogP contribution in [0.2, 0.25) is 0 Å².